The summed E-state index contributed by atoms with van der Waals surface area (Å²) in [6.45, 7) is 6.78. The van der Waals surface area contributed by atoms with Crippen molar-refractivity contribution < 1.29 is 28.7 Å². The van der Waals surface area contributed by atoms with Crippen molar-refractivity contribution in [1.29, 1.82) is 0 Å². The molecule has 0 bridgehead atoms. The summed E-state index contributed by atoms with van der Waals surface area (Å²) < 4.78 is 5.29. The Balaban J connectivity index is 1.59. The molecule has 0 aliphatic carbocycles. The van der Waals surface area contributed by atoms with E-state index >= 15 is 0 Å². The number of nitrogens with one attached hydrogen (secondary N) is 1. The lowest BCUT2D eigenvalue weighted by Gasteiger charge is -2.38. The highest BCUT2D eigenvalue weighted by atomic mass is 16.5. The van der Waals surface area contributed by atoms with Gasteiger partial charge in [-0.1, -0.05) is 6.92 Å². The van der Waals surface area contributed by atoms with E-state index in [2.05, 4.69) is 5.32 Å². The molecule has 196 valence electrons. The molecule has 3 fully saturated rings. The van der Waals surface area contributed by atoms with Crippen molar-refractivity contribution in [3.8, 4) is 0 Å². The summed E-state index contributed by atoms with van der Waals surface area (Å²) in [4.78, 5) is 67.3. The maximum absolute atomic E-state index is 13.5. The van der Waals surface area contributed by atoms with Gasteiger partial charge in [0.15, 0.2) is 0 Å². The number of carbonyl (C=O) groups excluding carboxylic acids is 5. The van der Waals surface area contributed by atoms with Crippen molar-refractivity contribution in [3.63, 3.8) is 0 Å². The standard InChI is InChI=1S/C24H39N5O6/c1-15(2)26-22(32)18-6-4-5-8-28(18)23(33)19-11-17(25)13-29(19)21(31)7-9-35-24(34)20-10-16(3)12-27(20)14-30/h14-20H,4-13,25H2,1-3H3,(H,26,32). The van der Waals surface area contributed by atoms with Crippen LogP contribution in [-0.4, -0.2) is 101 Å². The van der Waals surface area contributed by atoms with Crippen LogP contribution in [0.3, 0.4) is 0 Å². The second kappa shape index (κ2) is 11.8. The Hall–Kier alpha value is -2.69. The minimum Gasteiger partial charge on any atom is -0.464 e. The van der Waals surface area contributed by atoms with Gasteiger partial charge in [0, 0.05) is 31.7 Å². The minimum absolute atomic E-state index is 0.0341. The van der Waals surface area contributed by atoms with Crippen LogP contribution >= 0.6 is 0 Å². The fraction of sp³-hybridized carbons (Fsp3) is 0.792. The van der Waals surface area contributed by atoms with Crippen molar-refractivity contribution in [1.82, 2.24) is 20.0 Å². The summed E-state index contributed by atoms with van der Waals surface area (Å²) in [5.74, 6) is -1.07. The normalized spacial score (nSPS) is 28.8. The Morgan fingerprint density at radius 2 is 1.80 bits per heavy atom. The zero-order chi connectivity index (χ0) is 25.7. The number of carbonyl (C=O) groups is 5. The van der Waals surface area contributed by atoms with E-state index in [4.69, 9.17) is 10.5 Å². The zero-order valence-corrected chi connectivity index (χ0v) is 21.0. The molecule has 3 aliphatic heterocycles. The van der Waals surface area contributed by atoms with Gasteiger partial charge < -0.3 is 30.5 Å². The molecular formula is C24H39N5O6. The fourth-order valence-electron chi connectivity index (χ4n) is 5.32. The van der Waals surface area contributed by atoms with E-state index in [-0.39, 0.29) is 55.3 Å². The van der Waals surface area contributed by atoms with Crippen LogP contribution in [0.1, 0.15) is 59.3 Å². The second-order valence-electron chi connectivity index (χ2n) is 10.3. The molecule has 4 amide bonds. The third-order valence-electron chi connectivity index (χ3n) is 6.97. The first-order valence-corrected chi connectivity index (χ1v) is 12.7. The van der Waals surface area contributed by atoms with Crippen molar-refractivity contribution >= 4 is 30.1 Å². The van der Waals surface area contributed by atoms with Crippen LogP contribution in [0.2, 0.25) is 0 Å². The minimum atomic E-state index is -0.734. The molecule has 0 aromatic heterocycles. The summed E-state index contributed by atoms with van der Waals surface area (Å²) in [5.41, 5.74) is 6.12. The number of likely N-dealkylation sites (tertiary alicyclic amines) is 3. The molecule has 11 nitrogen and oxygen atoms in total. The smallest absolute Gasteiger partial charge is 0.328 e. The lowest BCUT2D eigenvalue weighted by molar-refractivity contribution is -0.153. The molecule has 0 saturated carbocycles. The van der Waals surface area contributed by atoms with Crippen LogP contribution in [-0.2, 0) is 28.7 Å². The summed E-state index contributed by atoms with van der Waals surface area (Å²) in [7, 11) is 0. The summed E-state index contributed by atoms with van der Waals surface area (Å²) >= 11 is 0. The van der Waals surface area contributed by atoms with Gasteiger partial charge in [-0.15, -0.1) is 0 Å². The largest absolute Gasteiger partial charge is 0.464 e. The average Bonchev–Trinajstić information content (AvgIpc) is 3.40. The maximum atomic E-state index is 13.5. The predicted octanol–water partition coefficient (Wildman–Crippen LogP) is -0.380. The number of rotatable bonds is 8. The highest BCUT2D eigenvalue weighted by Gasteiger charge is 2.43. The van der Waals surface area contributed by atoms with Crippen molar-refractivity contribution in [2.24, 2.45) is 11.7 Å². The van der Waals surface area contributed by atoms with Gasteiger partial charge in [-0.25, -0.2) is 4.79 Å². The van der Waals surface area contributed by atoms with Crippen LogP contribution < -0.4 is 11.1 Å². The highest BCUT2D eigenvalue weighted by molar-refractivity contribution is 5.93. The molecule has 0 aromatic rings. The molecule has 3 N–H and O–H groups in total. The summed E-state index contributed by atoms with van der Waals surface area (Å²) in [5, 5.41) is 2.89. The van der Waals surface area contributed by atoms with E-state index < -0.39 is 24.1 Å². The van der Waals surface area contributed by atoms with Crippen LogP contribution in [0, 0.1) is 5.92 Å². The van der Waals surface area contributed by atoms with E-state index in [1.807, 2.05) is 20.8 Å². The molecule has 3 rings (SSSR count). The quantitative estimate of drug-likeness (QED) is 0.347. The highest BCUT2D eigenvalue weighted by Crippen LogP contribution is 2.25. The molecule has 11 heteroatoms. The molecule has 35 heavy (non-hydrogen) atoms. The first-order valence-electron chi connectivity index (χ1n) is 12.7. The Kier molecular flexibility index (Phi) is 9.09. The summed E-state index contributed by atoms with van der Waals surface area (Å²) in [6.07, 6.45) is 3.68. The molecule has 0 radical (unpaired) electrons. The number of piperidine rings is 1. The van der Waals surface area contributed by atoms with Gasteiger partial charge in [-0.05, 0) is 51.9 Å². The van der Waals surface area contributed by atoms with Crippen molar-refractivity contribution in [2.45, 2.75) is 89.5 Å². The van der Waals surface area contributed by atoms with Crippen LogP contribution in [0.4, 0.5) is 0 Å². The van der Waals surface area contributed by atoms with Gasteiger partial charge in [0.2, 0.25) is 24.1 Å². The van der Waals surface area contributed by atoms with Crippen LogP contribution in [0.25, 0.3) is 0 Å². The molecule has 0 spiro atoms. The van der Waals surface area contributed by atoms with Gasteiger partial charge in [0.25, 0.3) is 0 Å². The topological polar surface area (TPSA) is 142 Å². The fourth-order valence-corrected chi connectivity index (χ4v) is 5.32. The molecular weight excluding hydrogens is 454 g/mol. The number of hydrogen-bond acceptors (Lipinski definition) is 7. The number of hydrogen-bond donors (Lipinski definition) is 2. The Morgan fingerprint density at radius 3 is 2.49 bits per heavy atom. The second-order valence-corrected chi connectivity index (χ2v) is 10.3. The van der Waals surface area contributed by atoms with Gasteiger partial charge in [-0.2, -0.15) is 0 Å². The Bertz CT molecular complexity index is 820. The lowest BCUT2D eigenvalue weighted by Crippen LogP contribution is -2.57. The van der Waals surface area contributed by atoms with Gasteiger partial charge in [0.05, 0.1) is 6.42 Å². The third kappa shape index (κ3) is 6.50. The Labute approximate surface area is 206 Å². The lowest BCUT2D eigenvalue weighted by atomic mass is 9.99. The average molecular weight is 494 g/mol. The monoisotopic (exact) mass is 493 g/mol. The van der Waals surface area contributed by atoms with Crippen LogP contribution in [0.15, 0.2) is 0 Å². The molecule has 3 aliphatic rings. The van der Waals surface area contributed by atoms with E-state index in [1.165, 1.54) is 9.80 Å². The van der Waals surface area contributed by atoms with E-state index in [0.717, 1.165) is 12.8 Å². The van der Waals surface area contributed by atoms with E-state index in [1.54, 1.807) is 4.90 Å². The van der Waals surface area contributed by atoms with Gasteiger partial charge >= 0.3 is 5.97 Å². The molecule has 5 atom stereocenters. The van der Waals surface area contributed by atoms with E-state index in [9.17, 15) is 24.0 Å². The number of ether oxygens (including phenoxy) is 1. The zero-order valence-electron chi connectivity index (χ0n) is 21.0. The number of nitrogens with two attached hydrogens (primary N) is 1. The van der Waals surface area contributed by atoms with E-state index in [0.29, 0.717) is 38.8 Å². The summed E-state index contributed by atoms with van der Waals surface area (Å²) in [6, 6.07) is -2.29. The SMILES string of the molecule is CC1CC(C(=O)OCCC(=O)N2CC(N)CC2C(=O)N2CCCCC2C(=O)NC(C)C)N(C=O)C1. The third-order valence-corrected chi connectivity index (χ3v) is 6.97. The number of nitrogens with zero attached hydrogens (tertiary/aromatic N) is 3. The molecule has 0 aromatic carbocycles. The number of esters is 1. The van der Waals surface area contributed by atoms with Crippen molar-refractivity contribution in [2.75, 3.05) is 26.2 Å². The van der Waals surface area contributed by atoms with Gasteiger partial charge in [-0.3, -0.25) is 19.2 Å². The van der Waals surface area contributed by atoms with Gasteiger partial charge in [0.1, 0.15) is 24.7 Å². The first kappa shape index (κ1) is 26.9. The molecule has 5 unspecified atom stereocenters. The molecule has 3 saturated heterocycles. The number of amides is 4. The predicted molar refractivity (Wildman–Crippen MR) is 127 cm³/mol. The Morgan fingerprint density at radius 1 is 1.06 bits per heavy atom. The van der Waals surface area contributed by atoms with Crippen LogP contribution in [0.5, 0.6) is 0 Å². The van der Waals surface area contributed by atoms with Crippen molar-refractivity contribution in [3.05, 3.63) is 0 Å². The first-order chi connectivity index (χ1) is 16.6. The molecule has 3 heterocycles. The maximum Gasteiger partial charge on any atom is 0.328 e.